The maximum Gasteiger partial charge on any atom is 0.387 e. The SMILES string of the molecule is COc1cc(/C=C(\C#N)c2nc(N)nc(Nc3ccccc3)n2)ccc1OC(F)F. The maximum atomic E-state index is 12.5. The van der Waals surface area contributed by atoms with Crippen LogP contribution in [0.4, 0.5) is 26.4 Å². The summed E-state index contributed by atoms with van der Waals surface area (Å²) in [4.78, 5) is 12.3. The van der Waals surface area contributed by atoms with Crippen molar-refractivity contribution in [2.45, 2.75) is 6.61 Å². The first-order chi connectivity index (χ1) is 14.5. The number of nitrogens with one attached hydrogen (secondary N) is 1. The Labute approximate surface area is 170 Å². The van der Waals surface area contributed by atoms with E-state index in [0.29, 0.717) is 5.56 Å². The van der Waals surface area contributed by atoms with E-state index in [9.17, 15) is 14.0 Å². The van der Waals surface area contributed by atoms with E-state index in [1.165, 1.54) is 31.4 Å². The number of ether oxygens (including phenoxy) is 2. The van der Waals surface area contributed by atoms with E-state index in [1.807, 2.05) is 36.4 Å². The minimum absolute atomic E-state index is 0.0512. The first-order valence-corrected chi connectivity index (χ1v) is 8.57. The average molecular weight is 410 g/mol. The highest BCUT2D eigenvalue weighted by molar-refractivity contribution is 5.87. The number of nitrogen functional groups attached to an aromatic ring is 1. The van der Waals surface area contributed by atoms with E-state index in [1.54, 1.807) is 0 Å². The number of hydrogen-bond donors (Lipinski definition) is 2. The van der Waals surface area contributed by atoms with Crippen LogP contribution in [0, 0.1) is 11.3 Å². The van der Waals surface area contributed by atoms with Crippen LogP contribution >= 0.6 is 0 Å². The molecule has 0 saturated carbocycles. The Hall–Kier alpha value is -4.26. The Balaban J connectivity index is 1.94. The molecule has 3 N–H and O–H groups in total. The number of halogens is 2. The lowest BCUT2D eigenvalue weighted by Crippen LogP contribution is -2.06. The number of rotatable bonds is 7. The highest BCUT2D eigenvalue weighted by Gasteiger charge is 2.13. The Kier molecular flexibility index (Phi) is 6.34. The van der Waals surface area contributed by atoms with Crippen molar-refractivity contribution in [1.29, 1.82) is 5.26 Å². The largest absolute Gasteiger partial charge is 0.493 e. The van der Waals surface area contributed by atoms with Gasteiger partial charge in [0.25, 0.3) is 0 Å². The molecule has 0 spiro atoms. The number of alkyl halides is 2. The topological polar surface area (TPSA) is 119 Å². The molecule has 1 aromatic heterocycles. The number of aromatic nitrogens is 3. The van der Waals surface area contributed by atoms with Crippen molar-refractivity contribution in [3.05, 3.63) is 59.9 Å². The maximum absolute atomic E-state index is 12.5. The molecular weight excluding hydrogens is 394 g/mol. The summed E-state index contributed by atoms with van der Waals surface area (Å²) in [5.41, 5.74) is 7.07. The minimum atomic E-state index is -2.99. The Bertz CT molecular complexity index is 1100. The molecule has 0 unspecified atom stereocenters. The van der Waals surface area contributed by atoms with E-state index >= 15 is 0 Å². The van der Waals surface area contributed by atoms with Crippen LogP contribution in [0.5, 0.6) is 11.5 Å². The quantitative estimate of drug-likeness (QED) is 0.564. The molecule has 152 valence electrons. The second kappa shape index (κ2) is 9.29. The zero-order valence-electron chi connectivity index (χ0n) is 15.7. The molecule has 0 radical (unpaired) electrons. The fourth-order valence-corrected chi connectivity index (χ4v) is 2.50. The van der Waals surface area contributed by atoms with Crippen molar-refractivity contribution >= 4 is 29.2 Å². The molecule has 0 aliphatic carbocycles. The van der Waals surface area contributed by atoms with Gasteiger partial charge in [-0.25, -0.2) is 0 Å². The van der Waals surface area contributed by atoms with Crippen LogP contribution in [0.25, 0.3) is 11.6 Å². The molecule has 8 nitrogen and oxygen atoms in total. The number of methoxy groups -OCH3 is 1. The zero-order chi connectivity index (χ0) is 21.5. The smallest absolute Gasteiger partial charge is 0.387 e. The molecule has 3 rings (SSSR count). The summed E-state index contributed by atoms with van der Waals surface area (Å²) in [6, 6.07) is 15.4. The molecule has 0 fully saturated rings. The lowest BCUT2D eigenvalue weighted by molar-refractivity contribution is -0.0512. The van der Waals surface area contributed by atoms with Crippen LogP contribution in [0.15, 0.2) is 48.5 Å². The number of nitrogens with zero attached hydrogens (tertiary/aromatic N) is 4. The van der Waals surface area contributed by atoms with Gasteiger partial charge >= 0.3 is 6.61 Å². The number of allylic oxidation sites excluding steroid dienone is 1. The van der Waals surface area contributed by atoms with Crippen molar-refractivity contribution in [2.24, 2.45) is 0 Å². The van der Waals surface area contributed by atoms with Crippen LogP contribution in [0.1, 0.15) is 11.4 Å². The fraction of sp³-hybridized carbons (Fsp3) is 0.100. The van der Waals surface area contributed by atoms with E-state index in [0.717, 1.165) is 5.69 Å². The third kappa shape index (κ3) is 5.17. The van der Waals surface area contributed by atoms with Crippen LogP contribution in [0.2, 0.25) is 0 Å². The lowest BCUT2D eigenvalue weighted by Gasteiger charge is -2.10. The molecular formula is C20H16F2N6O2. The van der Waals surface area contributed by atoms with Gasteiger partial charge in [-0.05, 0) is 35.9 Å². The van der Waals surface area contributed by atoms with E-state index in [-0.39, 0.29) is 34.8 Å². The van der Waals surface area contributed by atoms with E-state index in [2.05, 4.69) is 25.0 Å². The van der Waals surface area contributed by atoms with Crippen molar-refractivity contribution in [2.75, 3.05) is 18.2 Å². The highest BCUT2D eigenvalue weighted by Crippen LogP contribution is 2.30. The molecule has 0 aliphatic heterocycles. The molecule has 0 saturated heterocycles. The monoisotopic (exact) mass is 410 g/mol. The van der Waals surface area contributed by atoms with Crippen molar-refractivity contribution < 1.29 is 18.3 Å². The van der Waals surface area contributed by atoms with Gasteiger partial charge in [0.2, 0.25) is 11.9 Å². The van der Waals surface area contributed by atoms with Crippen molar-refractivity contribution in [1.82, 2.24) is 15.0 Å². The molecule has 0 bridgehead atoms. The Morgan fingerprint density at radius 3 is 2.57 bits per heavy atom. The van der Waals surface area contributed by atoms with E-state index < -0.39 is 6.61 Å². The second-order valence-corrected chi connectivity index (χ2v) is 5.79. The van der Waals surface area contributed by atoms with Gasteiger partial charge in [-0.1, -0.05) is 24.3 Å². The zero-order valence-corrected chi connectivity index (χ0v) is 15.7. The third-order valence-corrected chi connectivity index (χ3v) is 3.76. The number of hydrogen-bond acceptors (Lipinski definition) is 8. The predicted octanol–water partition coefficient (Wildman–Crippen LogP) is 3.87. The summed E-state index contributed by atoms with van der Waals surface area (Å²) in [6.07, 6.45) is 1.47. The molecule has 0 amide bonds. The third-order valence-electron chi connectivity index (χ3n) is 3.76. The first-order valence-electron chi connectivity index (χ1n) is 8.57. The molecule has 3 aromatic rings. The molecule has 0 atom stereocenters. The fourth-order valence-electron chi connectivity index (χ4n) is 2.50. The van der Waals surface area contributed by atoms with Crippen LogP contribution < -0.4 is 20.5 Å². The van der Waals surface area contributed by atoms with Gasteiger partial charge < -0.3 is 20.5 Å². The van der Waals surface area contributed by atoms with Gasteiger partial charge in [-0.2, -0.15) is 29.0 Å². The summed E-state index contributed by atoms with van der Waals surface area (Å²) >= 11 is 0. The van der Waals surface area contributed by atoms with Gasteiger partial charge in [0.1, 0.15) is 6.07 Å². The van der Waals surface area contributed by atoms with E-state index in [4.69, 9.17) is 10.5 Å². The minimum Gasteiger partial charge on any atom is -0.493 e. The van der Waals surface area contributed by atoms with Crippen molar-refractivity contribution in [3.63, 3.8) is 0 Å². The number of anilines is 3. The molecule has 10 heteroatoms. The number of para-hydroxylation sites is 1. The van der Waals surface area contributed by atoms with Gasteiger partial charge in [-0.15, -0.1) is 0 Å². The second-order valence-electron chi connectivity index (χ2n) is 5.79. The standard InChI is InChI=1S/C20H16F2N6O2/c1-29-16-10-12(7-8-15(16)30-18(21)22)9-13(11-23)17-26-19(24)28-20(27-17)25-14-5-3-2-4-6-14/h2-10,18H,1H3,(H3,24,25,26,27,28)/b13-9+. The molecule has 30 heavy (non-hydrogen) atoms. The summed E-state index contributed by atoms with van der Waals surface area (Å²) in [5.74, 6) is 0.112. The Morgan fingerprint density at radius 1 is 1.13 bits per heavy atom. The number of nitriles is 1. The van der Waals surface area contributed by atoms with Crippen LogP contribution in [0.3, 0.4) is 0 Å². The highest BCUT2D eigenvalue weighted by atomic mass is 19.3. The van der Waals surface area contributed by atoms with Crippen LogP contribution in [-0.2, 0) is 0 Å². The Morgan fingerprint density at radius 2 is 1.90 bits per heavy atom. The normalized spacial score (nSPS) is 11.1. The molecule has 1 heterocycles. The molecule has 2 aromatic carbocycles. The summed E-state index contributed by atoms with van der Waals surface area (Å²) < 4.78 is 34.4. The first kappa shape index (κ1) is 20.5. The van der Waals surface area contributed by atoms with Gasteiger partial charge in [0.05, 0.1) is 12.7 Å². The number of nitrogens with two attached hydrogens (primary N) is 1. The van der Waals surface area contributed by atoms with Crippen molar-refractivity contribution in [3.8, 4) is 17.6 Å². The predicted molar refractivity (Wildman–Crippen MR) is 107 cm³/mol. The lowest BCUT2D eigenvalue weighted by atomic mass is 10.1. The summed E-state index contributed by atoms with van der Waals surface area (Å²) in [5, 5.41) is 12.6. The van der Waals surface area contributed by atoms with Gasteiger partial charge in [0.15, 0.2) is 17.3 Å². The van der Waals surface area contributed by atoms with Gasteiger partial charge in [-0.3, -0.25) is 0 Å². The molecule has 0 aliphatic rings. The van der Waals surface area contributed by atoms with Crippen LogP contribution in [-0.4, -0.2) is 28.7 Å². The summed E-state index contributed by atoms with van der Waals surface area (Å²) in [6.45, 7) is -2.99. The summed E-state index contributed by atoms with van der Waals surface area (Å²) in [7, 11) is 1.32. The van der Waals surface area contributed by atoms with Gasteiger partial charge in [0, 0.05) is 5.69 Å². The average Bonchev–Trinajstić information content (AvgIpc) is 2.72. The number of benzene rings is 2.